The summed E-state index contributed by atoms with van der Waals surface area (Å²) >= 11 is 0.396. The van der Waals surface area contributed by atoms with Gasteiger partial charge in [-0.15, -0.1) is 0 Å². The molecule has 2 bridgehead atoms. The number of thioether (sulfide) groups is 1. The van der Waals surface area contributed by atoms with E-state index < -0.39 is 80.9 Å². The van der Waals surface area contributed by atoms with Gasteiger partial charge in [0.25, 0.3) is 0 Å². The fourth-order valence-corrected chi connectivity index (χ4v) is 13.2. The molecule has 328 valence electrons. The number of quaternary nitrogens is 1. The van der Waals surface area contributed by atoms with Gasteiger partial charge in [-0.25, -0.2) is 13.2 Å². The largest absolute Gasteiger partial charge is 1.00 e. The lowest BCUT2D eigenvalue weighted by Gasteiger charge is -2.63. The number of allylic oxidation sites excluding steroid dienone is 4. The van der Waals surface area contributed by atoms with Crippen molar-refractivity contribution in [3.63, 3.8) is 0 Å². The fourth-order valence-electron chi connectivity index (χ4n) is 12.4. The molecular formula is C45H61BrF3NO8S. The minimum absolute atomic E-state index is 0. The highest BCUT2D eigenvalue weighted by molar-refractivity contribution is 8.13. The van der Waals surface area contributed by atoms with Crippen LogP contribution >= 0.6 is 11.8 Å². The first kappa shape index (κ1) is 47.5. The molecule has 0 amide bonds. The van der Waals surface area contributed by atoms with Crippen molar-refractivity contribution in [3.05, 3.63) is 59.7 Å². The fraction of sp³-hybridized carbons (Fsp3) is 0.689. The van der Waals surface area contributed by atoms with Gasteiger partial charge in [-0.1, -0.05) is 57.2 Å². The smallest absolute Gasteiger partial charge is 0.316 e. The second-order valence-electron chi connectivity index (χ2n) is 18.5. The number of aliphatic hydroxyl groups is 2. The normalized spacial score (nSPS) is 40.9. The van der Waals surface area contributed by atoms with Gasteiger partial charge in [0.05, 0.1) is 37.9 Å². The van der Waals surface area contributed by atoms with Gasteiger partial charge in [-0.05, 0) is 81.0 Å². The van der Waals surface area contributed by atoms with Crippen LogP contribution in [0.1, 0.15) is 104 Å². The number of alkyl halides is 3. The number of ether oxygens (including phenoxy) is 2. The van der Waals surface area contributed by atoms with Gasteiger partial charge in [0, 0.05) is 54.8 Å². The molecule has 14 atom stereocenters. The van der Waals surface area contributed by atoms with Crippen LogP contribution in [0.15, 0.2) is 54.1 Å². The van der Waals surface area contributed by atoms with E-state index in [9.17, 15) is 33.8 Å². The van der Waals surface area contributed by atoms with Gasteiger partial charge < -0.3 is 41.2 Å². The highest BCUT2D eigenvalue weighted by Crippen LogP contribution is 2.72. The summed E-state index contributed by atoms with van der Waals surface area (Å²) in [6.07, 6.45) is 4.52. The van der Waals surface area contributed by atoms with Crippen LogP contribution in [-0.4, -0.2) is 105 Å². The maximum absolute atomic E-state index is 17.2. The molecule has 2 N–H and O–H groups in total. The first-order valence-corrected chi connectivity index (χ1v) is 21.9. The van der Waals surface area contributed by atoms with Crippen molar-refractivity contribution < 1.29 is 73.5 Å². The number of esters is 2. The van der Waals surface area contributed by atoms with Crippen molar-refractivity contribution in [2.75, 3.05) is 19.7 Å². The van der Waals surface area contributed by atoms with Gasteiger partial charge in [0.1, 0.15) is 24.2 Å². The number of hydrogen-bond donors (Lipinski definition) is 2. The van der Waals surface area contributed by atoms with Gasteiger partial charge >= 0.3 is 11.9 Å². The Labute approximate surface area is 361 Å². The number of ketones is 1. The van der Waals surface area contributed by atoms with Crippen LogP contribution in [0.3, 0.4) is 0 Å². The summed E-state index contributed by atoms with van der Waals surface area (Å²) in [7, 11) is 2.37. The number of halogens is 4. The van der Waals surface area contributed by atoms with Crippen LogP contribution in [0.2, 0.25) is 0 Å². The number of aliphatic hydroxyl groups excluding tert-OH is 2. The summed E-state index contributed by atoms with van der Waals surface area (Å²) in [6.45, 7) is 10.8. The monoisotopic (exact) mass is 911 g/mol. The highest BCUT2D eigenvalue weighted by Gasteiger charge is 2.78. The minimum atomic E-state index is -2.30. The average Bonchev–Trinajstić information content (AvgIpc) is 3.48. The second-order valence-corrected chi connectivity index (χ2v) is 19.4. The van der Waals surface area contributed by atoms with E-state index in [1.165, 1.54) is 31.9 Å². The third-order valence-electron chi connectivity index (χ3n) is 15.8. The van der Waals surface area contributed by atoms with Gasteiger partial charge in [0.2, 0.25) is 5.12 Å². The molecule has 3 unspecified atom stereocenters. The van der Waals surface area contributed by atoms with Gasteiger partial charge in [0.15, 0.2) is 17.1 Å². The van der Waals surface area contributed by atoms with Crippen molar-refractivity contribution in [2.24, 2.45) is 28.6 Å². The first-order valence-electron chi connectivity index (χ1n) is 20.9. The van der Waals surface area contributed by atoms with E-state index in [4.69, 9.17) is 9.47 Å². The van der Waals surface area contributed by atoms with Crippen LogP contribution in [0.25, 0.3) is 0 Å². The van der Waals surface area contributed by atoms with Crippen molar-refractivity contribution >= 4 is 34.6 Å². The molecule has 2 aliphatic heterocycles. The minimum Gasteiger partial charge on any atom is -1.00 e. The summed E-state index contributed by atoms with van der Waals surface area (Å²) in [6, 6.07) is 10.2. The number of carbonyl (C=O) groups excluding carboxylic acids is 4. The Kier molecular flexibility index (Phi) is 14.3. The van der Waals surface area contributed by atoms with E-state index in [2.05, 4.69) is 20.9 Å². The summed E-state index contributed by atoms with van der Waals surface area (Å²) in [5.41, 5.74) is -6.01. The summed E-state index contributed by atoms with van der Waals surface area (Å²) in [5, 5.41) is 20.4. The van der Waals surface area contributed by atoms with Crippen LogP contribution < -0.4 is 17.0 Å². The van der Waals surface area contributed by atoms with E-state index >= 15 is 8.78 Å². The van der Waals surface area contributed by atoms with Crippen LogP contribution in [0.4, 0.5) is 13.2 Å². The Morgan fingerprint density at radius 3 is 2.22 bits per heavy atom. The third kappa shape index (κ3) is 7.50. The topological polar surface area (TPSA) is 127 Å². The molecule has 9 nitrogen and oxygen atoms in total. The Morgan fingerprint density at radius 2 is 1.66 bits per heavy atom. The molecule has 1 aromatic carbocycles. The zero-order valence-corrected chi connectivity index (χ0v) is 37.6. The van der Waals surface area contributed by atoms with Crippen LogP contribution in [0, 0.1) is 28.6 Å². The summed E-state index contributed by atoms with van der Waals surface area (Å²) in [4.78, 5) is 50.4. The molecule has 0 aromatic heterocycles. The highest BCUT2D eigenvalue weighted by atomic mass is 79.9. The lowest BCUT2D eigenvalue weighted by Crippen LogP contribution is -3.00. The van der Waals surface area contributed by atoms with Crippen molar-refractivity contribution in [1.29, 1.82) is 0 Å². The average molecular weight is 913 g/mol. The van der Waals surface area contributed by atoms with Crippen molar-refractivity contribution in [1.82, 2.24) is 0 Å². The number of rotatable bonds is 9. The van der Waals surface area contributed by atoms with E-state index in [0.29, 0.717) is 29.9 Å². The third-order valence-corrected chi connectivity index (χ3v) is 16.4. The SMILES string of the molecule is CC(C)[N+]1(C)[C@@H]2CC[C@H]1C[C@@H](OC(=O)C(CO)c1ccccc1)C2.CCC(=O)O[C@]1(C(=O)SCF)[C@H](C)C[C@H]2C3C[C@H](F)C4=CC(=O)C=C[C@]4(C)[C@@]3(F)[C@@H](O)C[C@@]21C.[Br-]. The lowest BCUT2D eigenvalue weighted by atomic mass is 9.44. The maximum Gasteiger partial charge on any atom is 0.316 e. The number of piperidine rings is 1. The molecule has 59 heavy (non-hydrogen) atoms. The molecule has 3 saturated carbocycles. The molecule has 2 heterocycles. The molecule has 5 fully saturated rings. The Balaban J connectivity index is 0.000000233. The number of carbonyl (C=O) groups is 4. The molecular weight excluding hydrogens is 851 g/mol. The molecule has 0 radical (unpaired) electrons. The van der Waals surface area contributed by atoms with Crippen LogP contribution in [-0.2, 0) is 28.7 Å². The lowest BCUT2D eigenvalue weighted by molar-refractivity contribution is -0.968. The zero-order valence-electron chi connectivity index (χ0n) is 35.2. The van der Waals surface area contributed by atoms with Gasteiger partial charge in [-0.3, -0.25) is 19.2 Å². The Bertz CT molecular complexity index is 1800. The molecule has 0 spiro atoms. The van der Waals surface area contributed by atoms with Crippen LogP contribution in [0.5, 0.6) is 0 Å². The molecule has 14 heteroatoms. The number of nitrogens with zero attached hydrogens (tertiary/aromatic N) is 1. The molecule has 7 rings (SSSR count). The van der Waals surface area contributed by atoms with E-state index in [0.717, 1.165) is 29.0 Å². The molecule has 1 aromatic rings. The Hall–Kier alpha value is -2.52. The maximum atomic E-state index is 17.2. The molecule has 2 saturated heterocycles. The van der Waals surface area contributed by atoms with Gasteiger partial charge in [-0.2, -0.15) is 0 Å². The van der Waals surface area contributed by atoms with E-state index in [1.807, 2.05) is 30.3 Å². The summed E-state index contributed by atoms with van der Waals surface area (Å²) < 4.78 is 58.8. The first-order chi connectivity index (χ1) is 27.3. The number of benzene rings is 1. The quantitative estimate of drug-likeness (QED) is 0.276. The standard InChI is InChI=1S/C25H31F3O5S.C20H30NO3.BrH/c1-5-20(31)33-25(21(32)34-12-26)13(2)8-15-16-10-18(27)17-9-14(29)6-7-22(17,3)24(16,28)19(30)11-23(15,25)4;1-14(2)21(3)16-9-10-17(21)12-18(11-16)24-20(23)19(13-22)15-7-5-4-6-8-15;/h6-7,9,13,15-16,18-19,30H,5,8,10-12H2,1-4H3;4-8,14,16-19,22H,9-13H2,1-3H3;1H/q;+1;/p-1/t13-,15+,16?,18+,19+,22+,23+,24+,25+;16-,17+,18+,19?,21?;/m1../s1. The van der Waals surface area contributed by atoms with E-state index in [-0.39, 0.29) is 66.9 Å². The van der Waals surface area contributed by atoms with Crippen molar-refractivity contribution in [2.45, 2.75) is 147 Å². The molecule has 4 aliphatic carbocycles. The second kappa shape index (κ2) is 17.7. The zero-order chi connectivity index (χ0) is 42.6. The molecule has 6 aliphatic rings. The predicted molar refractivity (Wildman–Crippen MR) is 214 cm³/mol. The van der Waals surface area contributed by atoms with E-state index in [1.54, 1.807) is 20.8 Å². The van der Waals surface area contributed by atoms with Crippen molar-refractivity contribution in [3.8, 4) is 0 Å². The predicted octanol–water partition coefficient (Wildman–Crippen LogP) is 4.29. The summed E-state index contributed by atoms with van der Waals surface area (Å²) in [5.74, 6) is -4.15. The Morgan fingerprint density at radius 1 is 1.03 bits per heavy atom. The number of hydrogen-bond acceptors (Lipinski definition) is 9. The number of fused-ring (bicyclic) bond motifs is 7.